The number of hydrogen-bond acceptors (Lipinski definition) is 6. The molecule has 0 spiro atoms. The van der Waals surface area contributed by atoms with E-state index >= 15 is 0 Å². The van der Waals surface area contributed by atoms with Crippen LogP contribution in [0.1, 0.15) is 51.4 Å². The second kappa shape index (κ2) is 10.7. The van der Waals surface area contributed by atoms with E-state index in [1.54, 1.807) is 6.20 Å². The summed E-state index contributed by atoms with van der Waals surface area (Å²) in [6, 6.07) is 0. The van der Waals surface area contributed by atoms with Gasteiger partial charge in [-0.05, 0) is 37.8 Å². The lowest BCUT2D eigenvalue weighted by Crippen LogP contribution is -2.27. The molecule has 0 aromatic carbocycles. The van der Waals surface area contributed by atoms with Gasteiger partial charge in [0.2, 0.25) is 0 Å². The Hall–Kier alpha value is -1.95. The summed E-state index contributed by atoms with van der Waals surface area (Å²) in [4.78, 5) is 33.1. The lowest BCUT2D eigenvalue weighted by Gasteiger charge is -2.14. The van der Waals surface area contributed by atoms with Gasteiger partial charge in [-0.25, -0.2) is 5.84 Å². The molecular weight excluding hydrogens is 294 g/mol. The van der Waals surface area contributed by atoms with E-state index in [1.165, 1.54) is 17.2 Å². The molecule has 0 aromatic rings. The van der Waals surface area contributed by atoms with E-state index in [4.69, 9.17) is 11.6 Å². The van der Waals surface area contributed by atoms with Gasteiger partial charge in [-0.2, -0.15) is 0 Å². The predicted octanol–water partition coefficient (Wildman–Crippen LogP) is 1.61. The molecule has 0 saturated heterocycles. The predicted molar refractivity (Wildman–Crippen MR) is 88.8 cm³/mol. The van der Waals surface area contributed by atoms with Gasteiger partial charge in [0.15, 0.2) is 11.6 Å². The Bertz CT molecular complexity index is 454. The van der Waals surface area contributed by atoms with Crippen LogP contribution in [0.15, 0.2) is 24.0 Å². The average molecular weight is 321 g/mol. The molecule has 0 bridgehead atoms. The molecule has 1 aliphatic carbocycles. The standard InChI is InChI=1S/C17H27N3O3/c18-14(13-20(19)11-5-6-12-21)7-3-1-2-4-8-15-16(22)9-10-17(15)23/h9-10,12-13,15H,1-8,11,18-19H2/b14-13-. The van der Waals surface area contributed by atoms with E-state index in [0.29, 0.717) is 19.4 Å². The van der Waals surface area contributed by atoms with Gasteiger partial charge in [-0.15, -0.1) is 0 Å². The van der Waals surface area contributed by atoms with Crippen LogP contribution in [0.2, 0.25) is 0 Å². The minimum Gasteiger partial charge on any atom is -0.401 e. The highest BCUT2D eigenvalue weighted by molar-refractivity contribution is 6.18. The fourth-order valence-corrected chi connectivity index (χ4v) is 2.55. The summed E-state index contributed by atoms with van der Waals surface area (Å²) >= 11 is 0. The van der Waals surface area contributed by atoms with Crippen LogP contribution in [0.5, 0.6) is 0 Å². The first-order valence-electron chi connectivity index (χ1n) is 8.21. The fraction of sp³-hybridized carbons (Fsp3) is 0.588. The van der Waals surface area contributed by atoms with Gasteiger partial charge < -0.3 is 15.5 Å². The summed E-state index contributed by atoms with van der Waals surface area (Å²) in [5, 5.41) is 1.52. The zero-order valence-corrected chi connectivity index (χ0v) is 13.6. The van der Waals surface area contributed by atoms with Crippen molar-refractivity contribution in [2.45, 2.75) is 51.4 Å². The van der Waals surface area contributed by atoms with Crippen LogP contribution in [0, 0.1) is 5.92 Å². The van der Waals surface area contributed by atoms with Crippen molar-refractivity contribution < 1.29 is 14.4 Å². The first-order chi connectivity index (χ1) is 11.0. The van der Waals surface area contributed by atoms with E-state index in [0.717, 1.165) is 50.5 Å². The van der Waals surface area contributed by atoms with E-state index in [9.17, 15) is 14.4 Å². The zero-order chi connectivity index (χ0) is 17.1. The van der Waals surface area contributed by atoms with Gasteiger partial charge in [0, 0.05) is 24.9 Å². The van der Waals surface area contributed by atoms with Gasteiger partial charge in [-0.1, -0.05) is 19.3 Å². The average Bonchev–Trinajstić information content (AvgIpc) is 2.82. The molecular formula is C17H27N3O3. The Morgan fingerprint density at radius 1 is 1.09 bits per heavy atom. The molecule has 1 rings (SSSR count). The summed E-state index contributed by atoms with van der Waals surface area (Å²) in [7, 11) is 0. The van der Waals surface area contributed by atoms with Crippen molar-refractivity contribution in [1.29, 1.82) is 0 Å². The number of nitrogens with two attached hydrogens (primary N) is 2. The number of hydrazine groups is 1. The van der Waals surface area contributed by atoms with Crippen molar-refractivity contribution in [3.8, 4) is 0 Å². The Morgan fingerprint density at radius 2 is 1.74 bits per heavy atom. The highest BCUT2D eigenvalue weighted by Gasteiger charge is 2.26. The summed E-state index contributed by atoms with van der Waals surface area (Å²) < 4.78 is 0. The van der Waals surface area contributed by atoms with Crippen LogP contribution >= 0.6 is 0 Å². The Labute approximate surface area is 137 Å². The summed E-state index contributed by atoms with van der Waals surface area (Å²) in [6.07, 6.45) is 11.8. The number of nitrogens with zero attached hydrogens (tertiary/aromatic N) is 1. The summed E-state index contributed by atoms with van der Waals surface area (Å²) in [6.45, 7) is 0.608. The summed E-state index contributed by atoms with van der Waals surface area (Å²) in [5.41, 5.74) is 6.63. The highest BCUT2D eigenvalue weighted by atomic mass is 16.2. The molecule has 0 aromatic heterocycles. The number of carbonyl (C=O) groups excluding carboxylic acids is 3. The van der Waals surface area contributed by atoms with Gasteiger partial charge in [0.05, 0.1) is 5.92 Å². The largest absolute Gasteiger partial charge is 0.401 e. The third kappa shape index (κ3) is 7.74. The van der Waals surface area contributed by atoms with E-state index in [1.807, 2.05) is 0 Å². The molecule has 0 aliphatic heterocycles. The van der Waals surface area contributed by atoms with Gasteiger partial charge in [0.1, 0.15) is 6.29 Å². The van der Waals surface area contributed by atoms with Crippen LogP contribution < -0.4 is 11.6 Å². The van der Waals surface area contributed by atoms with Crippen molar-refractivity contribution in [3.63, 3.8) is 0 Å². The monoisotopic (exact) mass is 321 g/mol. The molecule has 0 heterocycles. The Kier molecular flexibility index (Phi) is 8.90. The number of ketones is 2. The van der Waals surface area contributed by atoms with Crippen LogP contribution in [0.3, 0.4) is 0 Å². The summed E-state index contributed by atoms with van der Waals surface area (Å²) in [5.74, 6) is 5.21. The van der Waals surface area contributed by atoms with Crippen molar-refractivity contribution in [2.75, 3.05) is 6.54 Å². The highest BCUT2D eigenvalue weighted by Crippen LogP contribution is 2.19. The maximum Gasteiger partial charge on any atom is 0.166 e. The first kappa shape index (κ1) is 19.1. The molecule has 0 radical (unpaired) electrons. The molecule has 0 amide bonds. The Morgan fingerprint density at radius 3 is 2.39 bits per heavy atom. The molecule has 6 heteroatoms. The third-order valence-corrected chi connectivity index (χ3v) is 3.88. The fourth-order valence-electron chi connectivity index (χ4n) is 2.55. The minimum absolute atomic E-state index is 0.0557. The first-order valence-corrected chi connectivity index (χ1v) is 8.21. The van der Waals surface area contributed by atoms with Crippen LogP contribution in [0.4, 0.5) is 0 Å². The molecule has 6 nitrogen and oxygen atoms in total. The number of aldehydes is 1. The normalized spacial score (nSPS) is 15.4. The second-order valence-electron chi connectivity index (χ2n) is 5.89. The van der Waals surface area contributed by atoms with Gasteiger partial charge in [-0.3, -0.25) is 9.59 Å². The molecule has 0 atom stereocenters. The molecule has 4 N–H and O–H groups in total. The van der Waals surface area contributed by atoms with Crippen LogP contribution in [0.25, 0.3) is 0 Å². The SMILES string of the molecule is N/C(=C\N(N)CCCC=O)CCCCCCC1C(=O)C=CC1=O. The van der Waals surface area contributed by atoms with E-state index < -0.39 is 5.92 Å². The smallest absolute Gasteiger partial charge is 0.166 e. The van der Waals surface area contributed by atoms with Gasteiger partial charge >= 0.3 is 0 Å². The van der Waals surface area contributed by atoms with E-state index in [-0.39, 0.29) is 11.6 Å². The van der Waals surface area contributed by atoms with Crippen LogP contribution in [-0.2, 0) is 14.4 Å². The van der Waals surface area contributed by atoms with Crippen molar-refractivity contribution in [3.05, 3.63) is 24.0 Å². The Balaban J connectivity index is 2.06. The number of allylic oxidation sites excluding steroid dienone is 3. The molecule has 1 aliphatic rings. The minimum atomic E-state index is -0.433. The molecule has 23 heavy (non-hydrogen) atoms. The molecule has 0 fully saturated rings. The number of hydrogen-bond donors (Lipinski definition) is 2. The quantitative estimate of drug-likeness (QED) is 0.186. The van der Waals surface area contributed by atoms with Gasteiger partial charge in [0.25, 0.3) is 0 Å². The third-order valence-electron chi connectivity index (χ3n) is 3.88. The maximum absolute atomic E-state index is 11.4. The molecule has 128 valence electrons. The lowest BCUT2D eigenvalue weighted by molar-refractivity contribution is -0.126. The topological polar surface area (TPSA) is 106 Å². The van der Waals surface area contributed by atoms with Crippen LogP contribution in [-0.4, -0.2) is 29.4 Å². The zero-order valence-electron chi connectivity index (χ0n) is 13.6. The van der Waals surface area contributed by atoms with E-state index in [2.05, 4.69) is 0 Å². The second-order valence-corrected chi connectivity index (χ2v) is 5.89. The maximum atomic E-state index is 11.4. The number of carbonyl (C=O) groups is 3. The number of rotatable bonds is 12. The van der Waals surface area contributed by atoms with Crippen molar-refractivity contribution in [2.24, 2.45) is 17.5 Å². The van der Waals surface area contributed by atoms with Crippen molar-refractivity contribution >= 4 is 17.9 Å². The molecule has 0 unspecified atom stereocenters. The number of unbranched alkanes of at least 4 members (excludes halogenated alkanes) is 4. The van der Waals surface area contributed by atoms with Crippen molar-refractivity contribution in [1.82, 2.24) is 5.01 Å². The lowest BCUT2D eigenvalue weighted by atomic mass is 9.97. The molecule has 0 saturated carbocycles.